The van der Waals surface area contributed by atoms with Gasteiger partial charge in [-0.05, 0) is 25.5 Å². The third kappa shape index (κ3) is 3.24. The highest BCUT2D eigenvalue weighted by Gasteiger charge is 2.11. The van der Waals surface area contributed by atoms with Crippen LogP contribution in [0, 0.1) is 0 Å². The molecule has 1 aromatic rings. The molecule has 0 spiro atoms. The van der Waals surface area contributed by atoms with E-state index in [1.54, 1.807) is 12.1 Å². The first kappa shape index (κ1) is 13.0. The van der Waals surface area contributed by atoms with Gasteiger partial charge in [0.1, 0.15) is 10.8 Å². The van der Waals surface area contributed by atoms with Crippen LogP contribution in [0.25, 0.3) is 0 Å². The lowest BCUT2D eigenvalue weighted by atomic mass is 10.2. The monoisotopic (exact) mass is 259 g/mol. The van der Waals surface area contributed by atoms with Crippen LogP contribution >= 0.6 is 23.2 Å². The Balaban J connectivity index is 3.02. The predicted octanol–water partition coefficient (Wildman–Crippen LogP) is 3.62. The van der Waals surface area contributed by atoms with Gasteiger partial charge in [-0.25, -0.2) is 9.79 Å². The van der Waals surface area contributed by atoms with Crippen molar-refractivity contribution < 1.29 is 9.53 Å². The van der Waals surface area contributed by atoms with Crippen molar-refractivity contribution in [2.24, 2.45) is 4.99 Å². The Hall–Kier alpha value is -1.02. The summed E-state index contributed by atoms with van der Waals surface area (Å²) in [6.45, 7) is 3.97. The Kier molecular flexibility index (Phi) is 4.81. The van der Waals surface area contributed by atoms with Crippen molar-refractivity contribution >= 4 is 29.3 Å². The summed E-state index contributed by atoms with van der Waals surface area (Å²) in [5.41, 5.74) is 0.672. The summed E-state index contributed by atoms with van der Waals surface area (Å²) in [6, 6.07) is 3.44. The van der Waals surface area contributed by atoms with Crippen LogP contribution in [0.5, 0.6) is 5.75 Å². The predicted molar refractivity (Wildman–Crippen MR) is 64.1 cm³/mol. The molecule has 0 heterocycles. The standard InChI is InChI=1S/C11H11Cl2NO2/c1-7(2)16-9-4-3-8(5-14-6-15)10(12)11(9)13/h3-4,7H,5H2,1-2H3. The van der Waals surface area contributed by atoms with Gasteiger partial charge in [0.15, 0.2) is 0 Å². The molecule has 0 aliphatic rings. The molecule has 0 fully saturated rings. The second-order valence-corrected chi connectivity index (χ2v) is 4.18. The van der Waals surface area contributed by atoms with Gasteiger partial charge >= 0.3 is 0 Å². The van der Waals surface area contributed by atoms with E-state index in [9.17, 15) is 4.79 Å². The molecule has 0 atom stereocenters. The number of carbonyl (C=O) groups excluding carboxylic acids is 1. The zero-order valence-corrected chi connectivity index (χ0v) is 10.5. The van der Waals surface area contributed by atoms with Crippen molar-refractivity contribution in [3.63, 3.8) is 0 Å². The normalized spacial score (nSPS) is 10.1. The zero-order chi connectivity index (χ0) is 12.1. The number of hydrogen-bond acceptors (Lipinski definition) is 3. The lowest BCUT2D eigenvalue weighted by Gasteiger charge is -2.13. The highest BCUT2D eigenvalue weighted by atomic mass is 35.5. The van der Waals surface area contributed by atoms with Gasteiger partial charge < -0.3 is 4.74 Å². The molecule has 5 heteroatoms. The number of benzene rings is 1. The average molecular weight is 260 g/mol. The molecular weight excluding hydrogens is 249 g/mol. The molecule has 16 heavy (non-hydrogen) atoms. The van der Waals surface area contributed by atoms with Gasteiger partial charge in [-0.15, -0.1) is 0 Å². The van der Waals surface area contributed by atoms with E-state index in [1.807, 2.05) is 13.8 Å². The van der Waals surface area contributed by atoms with E-state index in [0.717, 1.165) is 0 Å². The fourth-order valence-electron chi connectivity index (χ4n) is 1.16. The highest BCUT2D eigenvalue weighted by molar-refractivity contribution is 6.43. The molecule has 0 saturated carbocycles. The first-order valence-corrected chi connectivity index (χ1v) is 5.49. The van der Waals surface area contributed by atoms with Crippen LogP contribution in [-0.2, 0) is 11.3 Å². The molecule has 0 radical (unpaired) electrons. The van der Waals surface area contributed by atoms with Crippen LogP contribution in [0.15, 0.2) is 17.1 Å². The topological polar surface area (TPSA) is 38.7 Å². The lowest BCUT2D eigenvalue weighted by Crippen LogP contribution is -2.06. The molecule has 0 aromatic heterocycles. The zero-order valence-electron chi connectivity index (χ0n) is 8.96. The van der Waals surface area contributed by atoms with E-state index in [4.69, 9.17) is 27.9 Å². The van der Waals surface area contributed by atoms with E-state index in [1.165, 1.54) is 6.08 Å². The summed E-state index contributed by atoms with van der Waals surface area (Å²) < 4.78 is 5.46. The summed E-state index contributed by atoms with van der Waals surface area (Å²) in [5, 5.41) is 0.702. The van der Waals surface area contributed by atoms with E-state index in [2.05, 4.69) is 4.99 Å². The van der Waals surface area contributed by atoms with Crippen molar-refractivity contribution in [1.29, 1.82) is 0 Å². The minimum absolute atomic E-state index is 0.0208. The first-order chi connectivity index (χ1) is 7.56. The van der Waals surface area contributed by atoms with Crippen LogP contribution in [0.3, 0.4) is 0 Å². The molecule has 1 aromatic carbocycles. The number of nitrogens with zero attached hydrogens (tertiary/aromatic N) is 1. The maximum atomic E-state index is 9.99. The molecule has 0 saturated heterocycles. The Morgan fingerprint density at radius 3 is 2.62 bits per heavy atom. The molecule has 0 N–H and O–H groups in total. The number of aliphatic imine (C=N–C) groups is 1. The molecule has 0 aliphatic carbocycles. The Bertz CT molecular complexity index is 426. The van der Waals surface area contributed by atoms with Crippen LogP contribution < -0.4 is 4.74 Å². The third-order valence-corrected chi connectivity index (χ3v) is 2.71. The van der Waals surface area contributed by atoms with Gasteiger partial charge in [0.2, 0.25) is 6.08 Å². The third-order valence-electron chi connectivity index (χ3n) is 1.80. The number of ether oxygens (including phenoxy) is 1. The molecule has 0 bridgehead atoms. The summed E-state index contributed by atoms with van der Waals surface area (Å²) in [7, 11) is 0. The Morgan fingerprint density at radius 1 is 1.38 bits per heavy atom. The molecule has 0 unspecified atom stereocenters. The fourth-order valence-corrected chi connectivity index (χ4v) is 1.60. The lowest BCUT2D eigenvalue weighted by molar-refractivity contribution is 0.242. The van der Waals surface area contributed by atoms with Crippen LogP contribution in [-0.4, -0.2) is 12.2 Å². The van der Waals surface area contributed by atoms with E-state index in [-0.39, 0.29) is 12.6 Å². The van der Waals surface area contributed by atoms with E-state index >= 15 is 0 Å². The van der Waals surface area contributed by atoms with Gasteiger partial charge in [-0.2, -0.15) is 0 Å². The molecule has 86 valence electrons. The maximum Gasteiger partial charge on any atom is 0.235 e. The summed E-state index contributed by atoms with van der Waals surface area (Å²) in [5.74, 6) is 0.528. The smallest absolute Gasteiger partial charge is 0.235 e. The van der Waals surface area contributed by atoms with Crippen molar-refractivity contribution in [2.45, 2.75) is 26.5 Å². The second kappa shape index (κ2) is 5.90. The quantitative estimate of drug-likeness (QED) is 0.612. The molecule has 1 rings (SSSR count). The van der Waals surface area contributed by atoms with E-state index < -0.39 is 0 Å². The number of halogens is 2. The summed E-state index contributed by atoms with van der Waals surface area (Å²) in [6.07, 6.45) is 1.47. The van der Waals surface area contributed by atoms with Gasteiger partial charge in [-0.1, -0.05) is 29.3 Å². The molecule has 0 aliphatic heterocycles. The molecular formula is C11H11Cl2NO2. The molecule has 3 nitrogen and oxygen atoms in total. The fraction of sp³-hybridized carbons (Fsp3) is 0.364. The Morgan fingerprint density at radius 2 is 2.06 bits per heavy atom. The highest BCUT2D eigenvalue weighted by Crippen LogP contribution is 2.35. The SMILES string of the molecule is CC(C)Oc1ccc(CN=C=O)c(Cl)c1Cl. The summed E-state index contributed by atoms with van der Waals surface area (Å²) in [4.78, 5) is 13.4. The summed E-state index contributed by atoms with van der Waals surface area (Å²) >= 11 is 12.0. The number of hydrogen-bond donors (Lipinski definition) is 0. The maximum absolute atomic E-state index is 9.99. The van der Waals surface area contributed by atoms with E-state index in [0.29, 0.717) is 21.4 Å². The minimum Gasteiger partial charge on any atom is -0.489 e. The average Bonchev–Trinajstić information content (AvgIpc) is 2.23. The minimum atomic E-state index is 0.0208. The number of isocyanates is 1. The van der Waals surface area contributed by atoms with Gasteiger partial charge in [0.25, 0.3) is 0 Å². The van der Waals surface area contributed by atoms with Gasteiger partial charge in [0, 0.05) is 0 Å². The number of rotatable bonds is 4. The van der Waals surface area contributed by atoms with Crippen LogP contribution in [0.4, 0.5) is 0 Å². The Labute approximate surface area is 104 Å². The van der Waals surface area contributed by atoms with Gasteiger partial charge in [-0.3, -0.25) is 0 Å². The van der Waals surface area contributed by atoms with Crippen LogP contribution in [0.2, 0.25) is 10.0 Å². The largest absolute Gasteiger partial charge is 0.489 e. The molecule has 0 amide bonds. The second-order valence-electron chi connectivity index (χ2n) is 3.42. The van der Waals surface area contributed by atoms with Crippen molar-refractivity contribution in [2.75, 3.05) is 0 Å². The van der Waals surface area contributed by atoms with Gasteiger partial charge in [0.05, 0.1) is 17.7 Å². The first-order valence-electron chi connectivity index (χ1n) is 4.73. The van der Waals surface area contributed by atoms with Crippen molar-refractivity contribution in [3.05, 3.63) is 27.7 Å². The van der Waals surface area contributed by atoms with Crippen LogP contribution in [0.1, 0.15) is 19.4 Å². The van der Waals surface area contributed by atoms with Crippen molar-refractivity contribution in [1.82, 2.24) is 0 Å². The van der Waals surface area contributed by atoms with Crippen molar-refractivity contribution in [3.8, 4) is 5.75 Å².